The highest BCUT2D eigenvalue weighted by atomic mass is 19.4. The van der Waals surface area contributed by atoms with Gasteiger partial charge in [0.15, 0.2) is 11.5 Å². The molecule has 6 nitrogen and oxygen atoms in total. The molecular formula is C24H17F3N2O4. The van der Waals surface area contributed by atoms with Crippen LogP contribution in [0.2, 0.25) is 0 Å². The molecule has 0 unspecified atom stereocenters. The zero-order valence-corrected chi connectivity index (χ0v) is 16.9. The molecule has 1 aliphatic heterocycles. The van der Waals surface area contributed by atoms with Gasteiger partial charge >= 0.3 is 6.18 Å². The Morgan fingerprint density at radius 2 is 1.61 bits per heavy atom. The molecule has 4 rings (SSSR count). The highest BCUT2D eigenvalue weighted by Crippen LogP contribution is 2.38. The summed E-state index contributed by atoms with van der Waals surface area (Å²) in [7, 11) is 0. The minimum atomic E-state index is -4.57. The van der Waals surface area contributed by atoms with Crippen molar-refractivity contribution in [3.8, 4) is 22.6 Å². The summed E-state index contributed by atoms with van der Waals surface area (Å²) in [6.07, 6.45) is -3.22. The molecule has 33 heavy (non-hydrogen) atoms. The first-order valence-electron chi connectivity index (χ1n) is 9.76. The number of phenols is 2. The molecule has 0 radical (unpaired) electrons. The summed E-state index contributed by atoms with van der Waals surface area (Å²) in [6, 6.07) is 13.4. The van der Waals surface area contributed by atoms with E-state index in [-0.39, 0.29) is 45.9 Å². The Kier molecular flexibility index (Phi) is 5.55. The monoisotopic (exact) mass is 454 g/mol. The van der Waals surface area contributed by atoms with Crippen molar-refractivity contribution in [2.24, 2.45) is 0 Å². The Balaban J connectivity index is 1.72. The van der Waals surface area contributed by atoms with Gasteiger partial charge in [-0.3, -0.25) is 14.9 Å². The highest BCUT2D eigenvalue weighted by molar-refractivity contribution is 6.31. The highest BCUT2D eigenvalue weighted by Gasteiger charge is 2.34. The van der Waals surface area contributed by atoms with E-state index in [0.29, 0.717) is 5.56 Å². The topological polar surface area (TPSA) is 98.7 Å². The van der Waals surface area contributed by atoms with Crippen LogP contribution in [0.3, 0.4) is 0 Å². The second-order valence-electron chi connectivity index (χ2n) is 7.35. The molecule has 2 amide bonds. The molecule has 0 atom stereocenters. The van der Waals surface area contributed by atoms with Gasteiger partial charge in [0.25, 0.3) is 11.8 Å². The molecule has 4 N–H and O–H groups in total. The van der Waals surface area contributed by atoms with Crippen molar-refractivity contribution < 1.29 is 33.0 Å². The van der Waals surface area contributed by atoms with Crippen molar-refractivity contribution in [1.82, 2.24) is 10.6 Å². The fraction of sp³-hybridized carbons (Fsp3) is 0.0833. The quantitative estimate of drug-likeness (QED) is 0.269. The molecule has 3 aromatic rings. The lowest BCUT2D eigenvalue weighted by atomic mass is 9.90. The molecule has 168 valence electrons. The van der Waals surface area contributed by atoms with Gasteiger partial charge in [0.1, 0.15) is 0 Å². The van der Waals surface area contributed by atoms with E-state index < -0.39 is 23.6 Å². The second-order valence-corrected chi connectivity index (χ2v) is 7.35. The Morgan fingerprint density at radius 1 is 0.848 bits per heavy atom. The maximum absolute atomic E-state index is 13.5. The van der Waals surface area contributed by atoms with Crippen LogP contribution in [0.15, 0.2) is 66.9 Å². The number of rotatable bonds is 4. The standard InChI is InChI=1S/C24H17F3N2O4/c25-24(26,27)19-4-2-1-3-15(19)14-6-7-16-17(10-14)18(23(33)29-22(16)32)12-28-11-13-5-8-20(30)21(31)9-13/h1-10,12,28,30-31H,11H2,(H,29,32,33). The van der Waals surface area contributed by atoms with E-state index in [1.165, 1.54) is 54.7 Å². The fourth-order valence-corrected chi connectivity index (χ4v) is 3.57. The number of imide groups is 1. The zero-order chi connectivity index (χ0) is 23.8. The summed E-state index contributed by atoms with van der Waals surface area (Å²) in [5, 5.41) is 24.1. The van der Waals surface area contributed by atoms with E-state index in [9.17, 15) is 33.0 Å². The third-order valence-electron chi connectivity index (χ3n) is 5.16. The van der Waals surface area contributed by atoms with Crippen LogP contribution < -0.4 is 10.6 Å². The number of benzene rings is 3. The van der Waals surface area contributed by atoms with E-state index >= 15 is 0 Å². The second kappa shape index (κ2) is 8.34. The van der Waals surface area contributed by atoms with Crippen LogP contribution in [0.4, 0.5) is 13.2 Å². The first-order valence-corrected chi connectivity index (χ1v) is 9.76. The van der Waals surface area contributed by atoms with E-state index in [2.05, 4.69) is 10.6 Å². The van der Waals surface area contributed by atoms with Gasteiger partial charge in [-0.25, -0.2) is 0 Å². The summed E-state index contributed by atoms with van der Waals surface area (Å²) in [5.41, 5.74) is 0.322. The molecule has 0 bridgehead atoms. The van der Waals surface area contributed by atoms with Crippen molar-refractivity contribution in [3.05, 3.63) is 89.1 Å². The van der Waals surface area contributed by atoms with Gasteiger partial charge in [0, 0.05) is 23.9 Å². The number of hydrogen-bond donors (Lipinski definition) is 4. The number of aromatic hydroxyl groups is 2. The van der Waals surface area contributed by atoms with E-state index in [1.54, 1.807) is 6.07 Å². The third-order valence-corrected chi connectivity index (χ3v) is 5.16. The predicted molar refractivity (Wildman–Crippen MR) is 114 cm³/mol. The number of amides is 2. The number of carbonyl (C=O) groups excluding carboxylic acids is 2. The molecule has 0 aliphatic carbocycles. The SMILES string of the molecule is O=C1NC(=O)c2ccc(-c3ccccc3C(F)(F)F)cc2C1=CNCc1ccc(O)c(O)c1. The normalized spacial score (nSPS) is 14.7. The molecule has 0 saturated heterocycles. The molecule has 0 saturated carbocycles. The van der Waals surface area contributed by atoms with Crippen LogP contribution in [-0.4, -0.2) is 22.0 Å². The zero-order valence-electron chi connectivity index (χ0n) is 16.9. The summed E-state index contributed by atoms with van der Waals surface area (Å²) in [6.45, 7) is 0.171. The average molecular weight is 454 g/mol. The van der Waals surface area contributed by atoms with Crippen LogP contribution in [-0.2, 0) is 17.5 Å². The maximum atomic E-state index is 13.5. The van der Waals surface area contributed by atoms with Crippen LogP contribution in [0.5, 0.6) is 11.5 Å². The third kappa shape index (κ3) is 4.38. The van der Waals surface area contributed by atoms with Crippen LogP contribution in [0.25, 0.3) is 16.7 Å². The van der Waals surface area contributed by atoms with Crippen molar-refractivity contribution in [1.29, 1.82) is 0 Å². The number of halogens is 3. The van der Waals surface area contributed by atoms with Crippen molar-refractivity contribution in [3.63, 3.8) is 0 Å². The van der Waals surface area contributed by atoms with E-state index in [1.807, 2.05) is 0 Å². The lowest BCUT2D eigenvalue weighted by Crippen LogP contribution is -2.37. The number of carbonyl (C=O) groups is 2. The number of nitrogens with one attached hydrogen (secondary N) is 2. The Bertz CT molecular complexity index is 1300. The van der Waals surface area contributed by atoms with Gasteiger partial charge in [0.2, 0.25) is 0 Å². The number of hydrogen-bond acceptors (Lipinski definition) is 5. The summed E-state index contributed by atoms with van der Waals surface area (Å²) >= 11 is 0. The average Bonchev–Trinajstić information content (AvgIpc) is 2.77. The Morgan fingerprint density at radius 3 is 2.33 bits per heavy atom. The lowest BCUT2D eigenvalue weighted by molar-refractivity contribution is -0.137. The minimum absolute atomic E-state index is 0.0685. The molecule has 0 spiro atoms. The molecule has 0 fully saturated rings. The first-order chi connectivity index (χ1) is 15.6. The fourth-order valence-electron chi connectivity index (χ4n) is 3.57. The van der Waals surface area contributed by atoms with E-state index in [0.717, 1.165) is 6.07 Å². The lowest BCUT2D eigenvalue weighted by Gasteiger charge is -2.20. The van der Waals surface area contributed by atoms with Crippen molar-refractivity contribution >= 4 is 17.4 Å². The molecule has 1 aliphatic rings. The van der Waals surface area contributed by atoms with Gasteiger partial charge in [-0.05, 0) is 47.0 Å². The van der Waals surface area contributed by atoms with Gasteiger partial charge < -0.3 is 15.5 Å². The summed E-state index contributed by atoms with van der Waals surface area (Å²) in [5.74, 6) is -1.93. The first kappa shape index (κ1) is 21.9. The summed E-state index contributed by atoms with van der Waals surface area (Å²) in [4.78, 5) is 24.8. The maximum Gasteiger partial charge on any atom is 0.417 e. The molecule has 3 aromatic carbocycles. The van der Waals surface area contributed by atoms with Crippen LogP contribution in [0.1, 0.15) is 27.0 Å². The van der Waals surface area contributed by atoms with Crippen LogP contribution >= 0.6 is 0 Å². The Labute approximate surface area is 186 Å². The number of phenolic OH excluding ortho intramolecular Hbond substituents is 2. The minimum Gasteiger partial charge on any atom is -0.504 e. The van der Waals surface area contributed by atoms with Gasteiger partial charge in [-0.15, -0.1) is 0 Å². The van der Waals surface area contributed by atoms with Gasteiger partial charge in [-0.2, -0.15) is 13.2 Å². The smallest absolute Gasteiger partial charge is 0.417 e. The molecule has 1 heterocycles. The molecule has 0 aromatic heterocycles. The summed E-state index contributed by atoms with van der Waals surface area (Å²) < 4.78 is 40.4. The van der Waals surface area contributed by atoms with Crippen molar-refractivity contribution in [2.45, 2.75) is 12.7 Å². The van der Waals surface area contributed by atoms with E-state index in [4.69, 9.17) is 0 Å². The number of fused-ring (bicyclic) bond motifs is 1. The van der Waals surface area contributed by atoms with Gasteiger partial charge in [0.05, 0.1) is 11.1 Å². The van der Waals surface area contributed by atoms with Crippen molar-refractivity contribution in [2.75, 3.05) is 0 Å². The largest absolute Gasteiger partial charge is 0.504 e. The van der Waals surface area contributed by atoms with Gasteiger partial charge in [-0.1, -0.05) is 30.3 Å². The Hall–Kier alpha value is -4.27. The number of alkyl halides is 3. The molecule has 9 heteroatoms. The predicted octanol–water partition coefficient (Wildman–Crippen LogP) is 4.18. The van der Waals surface area contributed by atoms with Crippen LogP contribution in [0, 0.1) is 0 Å². The molecular weight excluding hydrogens is 437 g/mol.